The van der Waals surface area contributed by atoms with Crippen LogP contribution >= 0.6 is 0 Å². The first-order valence-electron chi connectivity index (χ1n) is 8.13. The smallest absolute Gasteiger partial charge is 0.252 e. The van der Waals surface area contributed by atoms with Crippen LogP contribution in [0.1, 0.15) is 61.8 Å². The molecule has 0 aliphatic rings. The average molecular weight is 302 g/mol. The summed E-state index contributed by atoms with van der Waals surface area (Å²) in [6.45, 7) is 10.9. The third kappa shape index (κ3) is 3.29. The molecule has 2 rings (SSSR count). The van der Waals surface area contributed by atoms with Crippen molar-refractivity contribution in [2.75, 3.05) is 0 Å². The molecule has 0 aromatic carbocycles. The van der Waals surface area contributed by atoms with Crippen molar-refractivity contribution in [3.8, 4) is 0 Å². The molecule has 2 aromatic rings. The van der Waals surface area contributed by atoms with Crippen molar-refractivity contribution in [3.05, 3.63) is 23.0 Å². The van der Waals surface area contributed by atoms with E-state index in [0.29, 0.717) is 5.56 Å². The van der Waals surface area contributed by atoms with E-state index >= 15 is 0 Å². The van der Waals surface area contributed by atoms with E-state index in [0.717, 1.165) is 48.2 Å². The first kappa shape index (κ1) is 16.5. The largest absolute Gasteiger partial charge is 0.350 e. The second-order valence-electron chi connectivity index (χ2n) is 5.95. The maximum Gasteiger partial charge on any atom is 0.252 e. The lowest BCUT2D eigenvalue weighted by Crippen LogP contribution is -2.32. The molecular formula is C17H26N4O. The molecule has 1 atom stereocenters. The predicted octanol–water partition coefficient (Wildman–Crippen LogP) is 3.38. The molecule has 0 fully saturated rings. The van der Waals surface area contributed by atoms with Crippen LogP contribution in [-0.2, 0) is 6.54 Å². The Morgan fingerprint density at radius 3 is 2.73 bits per heavy atom. The van der Waals surface area contributed by atoms with E-state index in [4.69, 9.17) is 0 Å². The lowest BCUT2D eigenvalue weighted by atomic mass is 10.1. The minimum absolute atomic E-state index is 0.0389. The number of aryl methyl sites for hydroxylation is 3. The summed E-state index contributed by atoms with van der Waals surface area (Å²) in [5, 5.41) is 8.50. The van der Waals surface area contributed by atoms with Gasteiger partial charge in [0.25, 0.3) is 5.91 Å². The van der Waals surface area contributed by atoms with Gasteiger partial charge in [-0.05, 0) is 39.7 Å². The summed E-state index contributed by atoms with van der Waals surface area (Å²) >= 11 is 0. The minimum atomic E-state index is -0.0389. The SMILES string of the molecule is CCCCn1nc(C)c2c(C(=O)NC(C)CC)cc(C)nc21. The molecule has 2 aromatic heterocycles. The number of hydrogen-bond donors (Lipinski definition) is 1. The Balaban J connectivity index is 2.50. The van der Waals surface area contributed by atoms with Crippen LogP contribution in [0.5, 0.6) is 0 Å². The van der Waals surface area contributed by atoms with Crippen molar-refractivity contribution in [2.24, 2.45) is 0 Å². The van der Waals surface area contributed by atoms with E-state index < -0.39 is 0 Å². The highest BCUT2D eigenvalue weighted by Gasteiger charge is 2.19. The normalized spacial score (nSPS) is 12.6. The third-order valence-corrected chi connectivity index (χ3v) is 3.96. The van der Waals surface area contributed by atoms with Crippen molar-refractivity contribution in [1.82, 2.24) is 20.1 Å². The molecule has 0 saturated heterocycles. The molecule has 2 heterocycles. The minimum Gasteiger partial charge on any atom is -0.350 e. The van der Waals surface area contributed by atoms with Gasteiger partial charge in [0, 0.05) is 18.3 Å². The lowest BCUT2D eigenvalue weighted by Gasteiger charge is -2.12. The van der Waals surface area contributed by atoms with E-state index in [-0.39, 0.29) is 11.9 Å². The first-order valence-corrected chi connectivity index (χ1v) is 8.13. The van der Waals surface area contributed by atoms with Crippen LogP contribution in [0, 0.1) is 13.8 Å². The highest BCUT2D eigenvalue weighted by molar-refractivity contribution is 6.06. The van der Waals surface area contributed by atoms with Crippen molar-refractivity contribution in [2.45, 2.75) is 66.5 Å². The molecule has 5 nitrogen and oxygen atoms in total. The standard InChI is InChI=1S/C17H26N4O/c1-6-8-9-21-16-15(13(5)20-21)14(10-12(4)18-16)17(22)19-11(3)7-2/h10-11H,6-9H2,1-5H3,(H,19,22). The van der Waals surface area contributed by atoms with Gasteiger partial charge in [-0.25, -0.2) is 9.67 Å². The zero-order valence-electron chi connectivity index (χ0n) is 14.2. The molecule has 0 radical (unpaired) electrons. The van der Waals surface area contributed by atoms with Crippen LogP contribution in [0.2, 0.25) is 0 Å². The van der Waals surface area contributed by atoms with Crippen LogP contribution in [0.15, 0.2) is 6.07 Å². The van der Waals surface area contributed by atoms with Gasteiger partial charge in [-0.1, -0.05) is 20.3 Å². The lowest BCUT2D eigenvalue weighted by molar-refractivity contribution is 0.0940. The van der Waals surface area contributed by atoms with Gasteiger partial charge in [0.1, 0.15) is 0 Å². The van der Waals surface area contributed by atoms with Gasteiger partial charge in [0.15, 0.2) is 5.65 Å². The van der Waals surface area contributed by atoms with E-state index in [1.165, 1.54) is 0 Å². The molecule has 22 heavy (non-hydrogen) atoms. The fourth-order valence-corrected chi connectivity index (χ4v) is 2.53. The second kappa shape index (κ2) is 6.90. The molecule has 0 spiro atoms. The number of carbonyl (C=O) groups excluding carboxylic acids is 1. The number of pyridine rings is 1. The third-order valence-electron chi connectivity index (χ3n) is 3.96. The summed E-state index contributed by atoms with van der Waals surface area (Å²) in [5.74, 6) is -0.0389. The summed E-state index contributed by atoms with van der Waals surface area (Å²) in [4.78, 5) is 17.2. The van der Waals surface area contributed by atoms with Crippen molar-refractivity contribution in [3.63, 3.8) is 0 Å². The van der Waals surface area contributed by atoms with Crippen molar-refractivity contribution >= 4 is 16.9 Å². The monoisotopic (exact) mass is 302 g/mol. The molecule has 0 aliphatic heterocycles. The molecule has 120 valence electrons. The maximum atomic E-state index is 12.6. The highest BCUT2D eigenvalue weighted by Crippen LogP contribution is 2.22. The van der Waals surface area contributed by atoms with Crippen LogP contribution in [-0.4, -0.2) is 26.7 Å². The van der Waals surface area contributed by atoms with E-state index in [2.05, 4.69) is 29.2 Å². The van der Waals surface area contributed by atoms with E-state index in [9.17, 15) is 4.79 Å². The van der Waals surface area contributed by atoms with Crippen LogP contribution in [0.3, 0.4) is 0 Å². The Labute approximate surface area is 132 Å². The number of amides is 1. The average Bonchev–Trinajstić information content (AvgIpc) is 2.80. The molecule has 1 unspecified atom stereocenters. The fourth-order valence-electron chi connectivity index (χ4n) is 2.53. The Hall–Kier alpha value is -1.91. The van der Waals surface area contributed by atoms with Gasteiger partial charge < -0.3 is 5.32 Å². The number of nitrogens with one attached hydrogen (secondary N) is 1. The summed E-state index contributed by atoms with van der Waals surface area (Å²) in [7, 11) is 0. The van der Waals surface area contributed by atoms with Gasteiger partial charge in [-0.2, -0.15) is 5.10 Å². The molecular weight excluding hydrogens is 276 g/mol. The van der Waals surface area contributed by atoms with Gasteiger partial charge in [-0.3, -0.25) is 4.79 Å². The molecule has 0 saturated carbocycles. The van der Waals surface area contributed by atoms with E-state index in [1.54, 1.807) is 0 Å². The molecule has 1 amide bonds. The zero-order chi connectivity index (χ0) is 16.3. The Bertz CT molecular complexity index is 675. The maximum absolute atomic E-state index is 12.6. The highest BCUT2D eigenvalue weighted by atomic mass is 16.1. The summed E-state index contributed by atoms with van der Waals surface area (Å²) in [6.07, 6.45) is 3.07. The molecule has 0 bridgehead atoms. The number of rotatable bonds is 6. The quantitative estimate of drug-likeness (QED) is 0.890. The predicted molar refractivity (Wildman–Crippen MR) is 89.1 cm³/mol. The fraction of sp³-hybridized carbons (Fsp3) is 0.588. The van der Waals surface area contributed by atoms with Crippen LogP contribution < -0.4 is 5.32 Å². The van der Waals surface area contributed by atoms with Gasteiger partial charge >= 0.3 is 0 Å². The molecule has 0 aliphatic carbocycles. The number of fused-ring (bicyclic) bond motifs is 1. The van der Waals surface area contributed by atoms with Gasteiger partial charge in [-0.15, -0.1) is 0 Å². The molecule has 1 N–H and O–H groups in total. The van der Waals surface area contributed by atoms with Crippen molar-refractivity contribution in [1.29, 1.82) is 0 Å². The molecule has 5 heteroatoms. The van der Waals surface area contributed by atoms with Crippen LogP contribution in [0.25, 0.3) is 11.0 Å². The van der Waals surface area contributed by atoms with Gasteiger partial charge in [0.05, 0.1) is 16.6 Å². The number of aromatic nitrogens is 3. The first-order chi connectivity index (χ1) is 10.5. The Morgan fingerprint density at radius 2 is 2.09 bits per heavy atom. The van der Waals surface area contributed by atoms with Crippen LogP contribution in [0.4, 0.5) is 0 Å². The number of nitrogens with zero attached hydrogens (tertiary/aromatic N) is 3. The second-order valence-corrected chi connectivity index (χ2v) is 5.95. The summed E-state index contributed by atoms with van der Waals surface area (Å²) in [5.41, 5.74) is 3.22. The van der Waals surface area contributed by atoms with E-state index in [1.807, 2.05) is 31.5 Å². The topological polar surface area (TPSA) is 59.8 Å². The van der Waals surface area contributed by atoms with Crippen molar-refractivity contribution < 1.29 is 4.79 Å². The Kier molecular flexibility index (Phi) is 5.16. The summed E-state index contributed by atoms with van der Waals surface area (Å²) < 4.78 is 1.93. The number of unbranched alkanes of at least 4 members (excludes halogenated alkanes) is 1. The van der Waals surface area contributed by atoms with Gasteiger partial charge in [0.2, 0.25) is 0 Å². The summed E-state index contributed by atoms with van der Waals surface area (Å²) in [6, 6.07) is 2.02. The Morgan fingerprint density at radius 1 is 1.36 bits per heavy atom. The number of hydrogen-bond acceptors (Lipinski definition) is 3. The number of carbonyl (C=O) groups is 1. The zero-order valence-corrected chi connectivity index (χ0v) is 14.2.